The zero-order valence-corrected chi connectivity index (χ0v) is 12.7. The van der Waals surface area contributed by atoms with E-state index in [1.165, 1.54) is 19.3 Å². The number of ether oxygens (including phenoxy) is 1. The summed E-state index contributed by atoms with van der Waals surface area (Å²) < 4.78 is 5.78. The van der Waals surface area contributed by atoms with E-state index in [1.807, 2.05) is 24.3 Å². The Morgan fingerprint density at radius 3 is 2.76 bits per heavy atom. The molecule has 1 aromatic rings. The van der Waals surface area contributed by atoms with Gasteiger partial charge in [-0.1, -0.05) is 37.5 Å². The van der Waals surface area contributed by atoms with Crippen molar-refractivity contribution in [2.45, 2.75) is 57.6 Å². The number of carbonyl (C=O) groups excluding carboxylic acids is 1. The molecule has 0 aromatic heterocycles. The summed E-state index contributed by atoms with van der Waals surface area (Å²) in [6.45, 7) is 1.84. The van der Waals surface area contributed by atoms with Gasteiger partial charge in [-0.05, 0) is 37.8 Å². The monoisotopic (exact) mass is 291 g/mol. The molecular formula is C17H25NO3. The van der Waals surface area contributed by atoms with Crippen LogP contribution in [-0.2, 0) is 11.2 Å². The molecule has 0 saturated heterocycles. The number of benzene rings is 1. The third-order valence-corrected chi connectivity index (χ3v) is 3.98. The molecule has 0 spiro atoms. The Morgan fingerprint density at radius 1 is 1.33 bits per heavy atom. The van der Waals surface area contributed by atoms with Crippen molar-refractivity contribution >= 4 is 5.91 Å². The Labute approximate surface area is 126 Å². The van der Waals surface area contributed by atoms with Crippen LogP contribution >= 0.6 is 0 Å². The van der Waals surface area contributed by atoms with E-state index in [2.05, 4.69) is 5.32 Å². The van der Waals surface area contributed by atoms with Crippen LogP contribution in [0.3, 0.4) is 0 Å². The van der Waals surface area contributed by atoms with Gasteiger partial charge in [-0.15, -0.1) is 0 Å². The van der Waals surface area contributed by atoms with Crippen LogP contribution in [0.25, 0.3) is 0 Å². The van der Waals surface area contributed by atoms with Crippen LogP contribution in [0, 0.1) is 0 Å². The van der Waals surface area contributed by atoms with Crippen LogP contribution in [0.5, 0.6) is 5.75 Å². The largest absolute Gasteiger partial charge is 0.481 e. The molecule has 4 nitrogen and oxygen atoms in total. The van der Waals surface area contributed by atoms with Crippen LogP contribution in [0.4, 0.5) is 0 Å². The fourth-order valence-corrected chi connectivity index (χ4v) is 2.76. The van der Waals surface area contributed by atoms with E-state index in [0.717, 1.165) is 18.4 Å². The molecule has 1 unspecified atom stereocenters. The number of rotatable bonds is 6. The van der Waals surface area contributed by atoms with Gasteiger partial charge in [0, 0.05) is 12.6 Å². The van der Waals surface area contributed by atoms with Crippen molar-refractivity contribution in [3.8, 4) is 5.75 Å². The highest BCUT2D eigenvalue weighted by molar-refractivity contribution is 5.81. The lowest BCUT2D eigenvalue weighted by Gasteiger charge is -2.25. The van der Waals surface area contributed by atoms with Gasteiger partial charge in [0.15, 0.2) is 6.10 Å². The first-order chi connectivity index (χ1) is 10.2. The minimum absolute atomic E-state index is 0.0549. The van der Waals surface area contributed by atoms with Gasteiger partial charge in [0.25, 0.3) is 5.91 Å². The smallest absolute Gasteiger partial charge is 0.260 e. The molecule has 1 fully saturated rings. The second-order valence-corrected chi connectivity index (χ2v) is 5.68. The molecule has 1 atom stereocenters. The van der Waals surface area contributed by atoms with E-state index in [0.29, 0.717) is 18.2 Å². The number of hydrogen-bond acceptors (Lipinski definition) is 3. The van der Waals surface area contributed by atoms with Gasteiger partial charge in [0.1, 0.15) is 5.75 Å². The first kappa shape index (κ1) is 15.8. The zero-order chi connectivity index (χ0) is 15.1. The third-order valence-electron chi connectivity index (χ3n) is 3.98. The molecule has 116 valence electrons. The number of aliphatic hydroxyl groups excluding tert-OH is 1. The molecule has 1 aromatic carbocycles. The second-order valence-electron chi connectivity index (χ2n) is 5.68. The molecule has 4 heteroatoms. The van der Waals surface area contributed by atoms with E-state index < -0.39 is 6.10 Å². The number of aliphatic hydroxyl groups is 1. The molecule has 2 N–H and O–H groups in total. The predicted octanol–water partition coefficient (Wildman–Crippen LogP) is 2.44. The van der Waals surface area contributed by atoms with Gasteiger partial charge in [-0.25, -0.2) is 0 Å². The first-order valence-electron chi connectivity index (χ1n) is 7.86. The standard InChI is InChI=1S/C17H25NO3/c1-13(17(20)18-15-8-3-2-4-9-15)21-16-10-6-5-7-14(16)11-12-19/h5-7,10,13,15,19H,2-4,8-9,11-12H2,1H3,(H,18,20). The first-order valence-corrected chi connectivity index (χ1v) is 7.86. The van der Waals surface area contributed by atoms with E-state index in [4.69, 9.17) is 9.84 Å². The van der Waals surface area contributed by atoms with E-state index >= 15 is 0 Å². The molecular weight excluding hydrogens is 266 g/mol. The van der Waals surface area contributed by atoms with Crippen LogP contribution in [0.15, 0.2) is 24.3 Å². The molecule has 2 rings (SSSR count). The summed E-state index contributed by atoms with van der Waals surface area (Å²) in [6.07, 6.45) is 5.81. The average molecular weight is 291 g/mol. The maximum atomic E-state index is 12.2. The normalized spacial score (nSPS) is 17.2. The molecule has 0 bridgehead atoms. The number of para-hydroxylation sites is 1. The van der Waals surface area contributed by atoms with E-state index in [9.17, 15) is 4.79 Å². The maximum Gasteiger partial charge on any atom is 0.260 e. The van der Waals surface area contributed by atoms with Crippen molar-refractivity contribution in [1.82, 2.24) is 5.32 Å². The zero-order valence-electron chi connectivity index (χ0n) is 12.7. The second kappa shape index (κ2) is 8.03. The Bertz CT molecular complexity index is 455. The molecule has 1 aliphatic rings. The number of nitrogens with one attached hydrogen (secondary N) is 1. The molecule has 1 aliphatic carbocycles. The summed E-state index contributed by atoms with van der Waals surface area (Å²) in [7, 11) is 0. The van der Waals surface area contributed by atoms with Gasteiger partial charge in [0.05, 0.1) is 0 Å². The van der Waals surface area contributed by atoms with Crippen molar-refractivity contribution < 1.29 is 14.6 Å². The molecule has 0 radical (unpaired) electrons. The summed E-state index contributed by atoms with van der Waals surface area (Å²) in [5.41, 5.74) is 0.928. The Morgan fingerprint density at radius 2 is 2.05 bits per heavy atom. The highest BCUT2D eigenvalue weighted by Crippen LogP contribution is 2.21. The Hall–Kier alpha value is -1.55. The Balaban J connectivity index is 1.90. The topological polar surface area (TPSA) is 58.6 Å². The highest BCUT2D eigenvalue weighted by atomic mass is 16.5. The van der Waals surface area contributed by atoms with Crippen LogP contribution in [0.1, 0.15) is 44.6 Å². The van der Waals surface area contributed by atoms with Crippen molar-refractivity contribution in [3.05, 3.63) is 29.8 Å². The van der Waals surface area contributed by atoms with Crippen molar-refractivity contribution in [1.29, 1.82) is 0 Å². The minimum atomic E-state index is -0.522. The molecule has 21 heavy (non-hydrogen) atoms. The maximum absolute atomic E-state index is 12.2. The summed E-state index contributed by atoms with van der Waals surface area (Å²) in [5, 5.41) is 12.1. The molecule has 1 amide bonds. The molecule has 1 saturated carbocycles. The SMILES string of the molecule is CC(Oc1ccccc1CCO)C(=O)NC1CCCCC1. The van der Waals surface area contributed by atoms with Gasteiger partial charge in [-0.3, -0.25) is 4.79 Å². The summed E-state index contributed by atoms with van der Waals surface area (Å²) in [5.74, 6) is 0.624. The van der Waals surface area contributed by atoms with Crippen molar-refractivity contribution in [2.75, 3.05) is 6.61 Å². The summed E-state index contributed by atoms with van der Waals surface area (Å²) in [6, 6.07) is 7.84. The molecule has 0 aliphatic heterocycles. The lowest BCUT2D eigenvalue weighted by Crippen LogP contribution is -2.43. The lowest BCUT2D eigenvalue weighted by atomic mass is 9.95. The van der Waals surface area contributed by atoms with Crippen molar-refractivity contribution in [2.24, 2.45) is 0 Å². The van der Waals surface area contributed by atoms with Gasteiger partial charge in [-0.2, -0.15) is 0 Å². The number of hydrogen-bond donors (Lipinski definition) is 2. The summed E-state index contributed by atoms with van der Waals surface area (Å²) >= 11 is 0. The fourth-order valence-electron chi connectivity index (χ4n) is 2.76. The van der Waals surface area contributed by atoms with Crippen LogP contribution in [-0.4, -0.2) is 29.8 Å². The number of carbonyl (C=O) groups is 1. The van der Waals surface area contributed by atoms with Crippen molar-refractivity contribution in [3.63, 3.8) is 0 Å². The number of amides is 1. The molecule has 0 heterocycles. The van der Waals surface area contributed by atoms with Gasteiger partial charge in [0.2, 0.25) is 0 Å². The van der Waals surface area contributed by atoms with Crippen LogP contribution < -0.4 is 10.1 Å². The summed E-state index contributed by atoms with van der Waals surface area (Å²) in [4.78, 5) is 12.2. The van der Waals surface area contributed by atoms with E-state index in [1.54, 1.807) is 6.92 Å². The Kier molecular flexibility index (Phi) is 6.05. The van der Waals surface area contributed by atoms with Crippen LogP contribution in [0.2, 0.25) is 0 Å². The predicted molar refractivity (Wildman–Crippen MR) is 82.3 cm³/mol. The van der Waals surface area contributed by atoms with Gasteiger partial charge < -0.3 is 15.2 Å². The third kappa shape index (κ3) is 4.74. The highest BCUT2D eigenvalue weighted by Gasteiger charge is 2.21. The lowest BCUT2D eigenvalue weighted by molar-refractivity contribution is -0.128. The minimum Gasteiger partial charge on any atom is -0.481 e. The van der Waals surface area contributed by atoms with Gasteiger partial charge >= 0.3 is 0 Å². The van der Waals surface area contributed by atoms with E-state index in [-0.39, 0.29) is 12.5 Å². The average Bonchev–Trinajstić information content (AvgIpc) is 2.50. The quantitative estimate of drug-likeness (QED) is 0.846. The fraction of sp³-hybridized carbons (Fsp3) is 0.588.